The van der Waals surface area contributed by atoms with E-state index in [1.165, 1.54) is 6.20 Å². The van der Waals surface area contributed by atoms with Crippen LogP contribution in [0.1, 0.15) is 10.4 Å². The standard InChI is InChI=1S/C12H8ClN5O/c13-11-9(2-1-3-15-11)17-12(19)8-6-16-18-5-4-14-7-10(8)18/h1-7H,(H,17,19). The van der Waals surface area contributed by atoms with Crippen LogP contribution in [0.4, 0.5) is 5.69 Å². The number of fused-ring (bicyclic) bond motifs is 1. The Morgan fingerprint density at radius 1 is 1.32 bits per heavy atom. The molecule has 3 aromatic heterocycles. The fourth-order valence-electron chi connectivity index (χ4n) is 1.68. The number of carbonyl (C=O) groups is 1. The van der Waals surface area contributed by atoms with Gasteiger partial charge in [-0.15, -0.1) is 0 Å². The maximum absolute atomic E-state index is 12.2. The van der Waals surface area contributed by atoms with Crippen molar-refractivity contribution >= 4 is 28.7 Å². The quantitative estimate of drug-likeness (QED) is 0.725. The first-order chi connectivity index (χ1) is 9.25. The zero-order valence-electron chi connectivity index (χ0n) is 9.62. The van der Waals surface area contributed by atoms with Gasteiger partial charge in [0, 0.05) is 18.6 Å². The Morgan fingerprint density at radius 3 is 3.05 bits per heavy atom. The van der Waals surface area contributed by atoms with Crippen molar-refractivity contribution in [3.63, 3.8) is 0 Å². The number of nitrogens with zero attached hydrogens (tertiary/aromatic N) is 4. The molecular formula is C12H8ClN5O. The predicted molar refractivity (Wildman–Crippen MR) is 70.2 cm³/mol. The summed E-state index contributed by atoms with van der Waals surface area (Å²) in [7, 11) is 0. The van der Waals surface area contributed by atoms with E-state index >= 15 is 0 Å². The summed E-state index contributed by atoms with van der Waals surface area (Å²) in [6, 6.07) is 3.37. The lowest BCUT2D eigenvalue weighted by Gasteiger charge is -2.04. The molecule has 0 aliphatic heterocycles. The van der Waals surface area contributed by atoms with Gasteiger partial charge in [0.05, 0.1) is 29.2 Å². The molecule has 0 spiro atoms. The summed E-state index contributed by atoms with van der Waals surface area (Å²) >= 11 is 5.89. The molecule has 0 aromatic carbocycles. The van der Waals surface area contributed by atoms with Gasteiger partial charge in [0.25, 0.3) is 5.91 Å². The van der Waals surface area contributed by atoms with Gasteiger partial charge in [-0.05, 0) is 12.1 Å². The molecule has 0 saturated carbocycles. The third kappa shape index (κ3) is 2.13. The number of rotatable bonds is 2. The summed E-state index contributed by atoms with van der Waals surface area (Å²) < 4.78 is 1.58. The van der Waals surface area contributed by atoms with Gasteiger partial charge in [-0.2, -0.15) is 5.10 Å². The topological polar surface area (TPSA) is 72.2 Å². The van der Waals surface area contributed by atoms with E-state index in [0.717, 1.165) is 0 Å². The molecule has 7 heteroatoms. The number of hydrogen-bond acceptors (Lipinski definition) is 4. The minimum absolute atomic E-state index is 0.241. The maximum Gasteiger partial charge on any atom is 0.259 e. The predicted octanol–water partition coefficient (Wildman–Crippen LogP) is 2.03. The molecule has 0 atom stereocenters. The molecule has 0 aliphatic carbocycles. The van der Waals surface area contributed by atoms with Crippen molar-refractivity contribution < 1.29 is 4.79 Å². The Bertz CT molecular complexity index is 754. The summed E-state index contributed by atoms with van der Waals surface area (Å²) in [6.07, 6.45) is 7.88. The van der Waals surface area contributed by atoms with Crippen molar-refractivity contribution in [3.8, 4) is 0 Å². The Morgan fingerprint density at radius 2 is 2.21 bits per heavy atom. The second kappa shape index (κ2) is 4.66. The number of hydrogen-bond donors (Lipinski definition) is 1. The van der Waals surface area contributed by atoms with Gasteiger partial charge in [-0.1, -0.05) is 11.6 Å². The molecule has 3 rings (SSSR count). The molecule has 6 nitrogen and oxygen atoms in total. The van der Waals surface area contributed by atoms with E-state index in [1.807, 2.05) is 0 Å². The average molecular weight is 274 g/mol. The SMILES string of the molecule is O=C(Nc1cccnc1Cl)c1cnn2ccncc12. The first-order valence-electron chi connectivity index (χ1n) is 5.45. The first-order valence-corrected chi connectivity index (χ1v) is 5.83. The fraction of sp³-hybridized carbons (Fsp3) is 0. The van der Waals surface area contributed by atoms with E-state index in [9.17, 15) is 4.79 Å². The Hall–Kier alpha value is -2.47. The van der Waals surface area contributed by atoms with E-state index in [-0.39, 0.29) is 11.1 Å². The van der Waals surface area contributed by atoms with E-state index < -0.39 is 0 Å². The van der Waals surface area contributed by atoms with Gasteiger partial charge < -0.3 is 5.32 Å². The second-order valence-corrected chi connectivity index (χ2v) is 4.12. The van der Waals surface area contributed by atoms with Crippen molar-refractivity contribution in [2.75, 3.05) is 5.32 Å². The highest BCUT2D eigenvalue weighted by Gasteiger charge is 2.14. The molecule has 0 aliphatic rings. The summed E-state index contributed by atoms with van der Waals surface area (Å²) in [5, 5.41) is 7.00. The van der Waals surface area contributed by atoms with Crippen molar-refractivity contribution in [2.24, 2.45) is 0 Å². The number of amides is 1. The molecule has 19 heavy (non-hydrogen) atoms. The highest BCUT2D eigenvalue weighted by molar-refractivity contribution is 6.32. The zero-order valence-corrected chi connectivity index (χ0v) is 10.4. The molecule has 0 fully saturated rings. The van der Waals surface area contributed by atoms with Crippen LogP contribution in [0.25, 0.3) is 5.52 Å². The molecule has 94 valence electrons. The lowest BCUT2D eigenvalue weighted by atomic mass is 10.2. The van der Waals surface area contributed by atoms with E-state index in [1.54, 1.807) is 41.4 Å². The molecule has 1 N–H and O–H groups in total. The molecule has 0 unspecified atom stereocenters. The third-order valence-corrected chi connectivity index (χ3v) is 2.88. The maximum atomic E-state index is 12.2. The van der Waals surface area contributed by atoms with Crippen molar-refractivity contribution in [3.05, 3.63) is 53.8 Å². The number of aromatic nitrogens is 4. The van der Waals surface area contributed by atoms with E-state index in [2.05, 4.69) is 20.4 Å². The molecular weight excluding hydrogens is 266 g/mol. The largest absolute Gasteiger partial charge is 0.319 e. The van der Waals surface area contributed by atoms with Crippen LogP contribution >= 0.6 is 11.6 Å². The fourth-order valence-corrected chi connectivity index (χ4v) is 1.84. The van der Waals surface area contributed by atoms with Crippen molar-refractivity contribution in [2.45, 2.75) is 0 Å². The van der Waals surface area contributed by atoms with Crippen LogP contribution in [-0.2, 0) is 0 Å². The lowest BCUT2D eigenvalue weighted by molar-refractivity contribution is 0.102. The lowest BCUT2D eigenvalue weighted by Crippen LogP contribution is -2.12. The van der Waals surface area contributed by atoms with E-state index in [0.29, 0.717) is 16.8 Å². The normalized spacial score (nSPS) is 10.6. The highest BCUT2D eigenvalue weighted by atomic mass is 35.5. The third-order valence-electron chi connectivity index (χ3n) is 2.58. The Labute approximate surface area is 113 Å². The van der Waals surface area contributed by atoms with Crippen LogP contribution < -0.4 is 5.32 Å². The minimum atomic E-state index is -0.307. The number of pyridine rings is 1. The number of carbonyl (C=O) groups excluding carboxylic acids is 1. The Balaban J connectivity index is 1.95. The monoisotopic (exact) mass is 273 g/mol. The van der Waals surface area contributed by atoms with Crippen LogP contribution in [0.15, 0.2) is 43.1 Å². The van der Waals surface area contributed by atoms with Crippen molar-refractivity contribution in [1.82, 2.24) is 19.6 Å². The summed E-state index contributed by atoms with van der Waals surface area (Å²) in [5.41, 5.74) is 1.51. The zero-order chi connectivity index (χ0) is 13.2. The number of nitrogens with one attached hydrogen (secondary N) is 1. The van der Waals surface area contributed by atoms with Crippen molar-refractivity contribution in [1.29, 1.82) is 0 Å². The summed E-state index contributed by atoms with van der Waals surface area (Å²) in [6.45, 7) is 0. The Kier molecular flexibility index (Phi) is 2.85. The van der Waals surface area contributed by atoms with Gasteiger partial charge in [-0.25, -0.2) is 9.50 Å². The van der Waals surface area contributed by atoms with Gasteiger partial charge in [0.15, 0.2) is 5.15 Å². The van der Waals surface area contributed by atoms with Crippen LogP contribution in [-0.4, -0.2) is 25.5 Å². The summed E-state index contributed by atoms with van der Waals surface area (Å²) in [4.78, 5) is 20.0. The first kappa shape index (κ1) is 11.6. The number of anilines is 1. The highest BCUT2D eigenvalue weighted by Crippen LogP contribution is 2.19. The van der Waals surface area contributed by atoms with Gasteiger partial charge in [0.2, 0.25) is 0 Å². The molecule has 1 amide bonds. The second-order valence-electron chi connectivity index (χ2n) is 3.76. The van der Waals surface area contributed by atoms with Crippen LogP contribution in [0, 0.1) is 0 Å². The summed E-state index contributed by atoms with van der Waals surface area (Å²) in [5.74, 6) is -0.307. The van der Waals surface area contributed by atoms with Gasteiger partial charge >= 0.3 is 0 Å². The molecule has 0 radical (unpaired) electrons. The molecule has 0 saturated heterocycles. The smallest absolute Gasteiger partial charge is 0.259 e. The number of halogens is 1. The molecule has 3 heterocycles. The van der Waals surface area contributed by atoms with Crippen LogP contribution in [0.2, 0.25) is 5.15 Å². The molecule has 3 aromatic rings. The molecule has 0 bridgehead atoms. The average Bonchev–Trinajstić information content (AvgIpc) is 2.85. The van der Waals surface area contributed by atoms with Crippen LogP contribution in [0.3, 0.4) is 0 Å². The van der Waals surface area contributed by atoms with E-state index in [4.69, 9.17) is 11.6 Å². The van der Waals surface area contributed by atoms with Crippen LogP contribution in [0.5, 0.6) is 0 Å². The minimum Gasteiger partial charge on any atom is -0.319 e. The van der Waals surface area contributed by atoms with Gasteiger partial charge in [-0.3, -0.25) is 9.78 Å². The van der Waals surface area contributed by atoms with Gasteiger partial charge in [0.1, 0.15) is 0 Å².